The highest BCUT2D eigenvalue weighted by atomic mass is 35.5. The van der Waals surface area contributed by atoms with Crippen LogP contribution in [0.5, 0.6) is 0 Å². The molecule has 0 radical (unpaired) electrons. The van der Waals surface area contributed by atoms with Crippen LogP contribution in [-0.2, 0) is 6.42 Å². The summed E-state index contributed by atoms with van der Waals surface area (Å²) < 4.78 is 0.848. The van der Waals surface area contributed by atoms with E-state index < -0.39 is 0 Å². The SMILES string of the molecule is C=CCCCN(C)C(=NC)NCCc1ccc(Cl)s1. The molecule has 0 aliphatic rings. The van der Waals surface area contributed by atoms with E-state index in [0.717, 1.165) is 42.6 Å². The van der Waals surface area contributed by atoms with Gasteiger partial charge in [-0.2, -0.15) is 0 Å². The third-order valence-corrected chi connectivity index (χ3v) is 4.05. The van der Waals surface area contributed by atoms with E-state index in [0.29, 0.717) is 0 Å². The summed E-state index contributed by atoms with van der Waals surface area (Å²) >= 11 is 7.54. The molecule has 19 heavy (non-hydrogen) atoms. The van der Waals surface area contributed by atoms with Crippen molar-refractivity contribution in [3.05, 3.63) is 34.0 Å². The molecule has 0 aliphatic carbocycles. The van der Waals surface area contributed by atoms with Gasteiger partial charge in [-0.3, -0.25) is 4.99 Å². The van der Waals surface area contributed by atoms with Crippen LogP contribution in [0.4, 0.5) is 0 Å². The first-order valence-corrected chi connectivity index (χ1v) is 7.63. The van der Waals surface area contributed by atoms with E-state index in [1.165, 1.54) is 4.88 Å². The molecule has 106 valence electrons. The lowest BCUT2D eigenvalue weighted by Gasteiger charge is -2.21. The summed E-state index contributed by atoms with van der Waals surface area (Å²) in [5, 5.41) is 3.37. The van der Waals surface area contributed by atoms with E-state index >= 15 is 0 Å². The van der Waals surface area contributed by atoms with Crippen molar-refractivity contribution >= 4 is 28.9 Å². The smallest absolute Gasteiger partial charge is 0.193 e. The molecule has 0 saturated heterocycles. The summed E-state index contributed by atoms with van der Waals surface area (Å²) in [5.74, 6) is 0.937. The Morgan fingerprint density at radius 2 is 2.37 bits per heavy atom. The minimum atomic E-state index is 0.848. The summed E-state index contributed by atoms with van der Waals surface area (Å²) in [6, 6.07) is 4.02. The highest BCUT2D eigenvalue weighted by Gasteiger charge is 2.05. The predicted octanol–water partition coefficient (Wildman–Crippen LogP) is 3.42. The number of guanidine groups is 1. The molecular formula is C14H22ClN3S. The third kappa shape index (κ3) is 6.12. The van der Waals surface area contributed by atoms with Gasteiger partial charge in [0.2, 0.25) is 0 Å². The van der Waals surface area contributed by atoms with Crippen LogP contribution in [0, 0.1) is 0 Å². The van der Waals surface area contributed by atoms with Gasteiger partial charge in [0.05, 0.1) is 4.34 Å². The third-order valence-electron chi connectivity index (χ3n) is 2.76. The number of hydrogen-bond donors (Lipinski definition) is 1. The molecular weight excluding hydrogens is 278 g/mol. The number of allylic oxidation sites excluding steroid dienone is 1. The Morgan fingerprint density at radius 3 is 2.95 bits per heavy atom. The van der Waals surface area contributed by atoms with E-state index in [1.807, 2.05) is 19.2 Å². The zero-order chi connectivity index (χ0) is 14.1. The molecule has 0 aliphatic heterocycles. The van der Waals surface area contributed by atoms with Gasteiger partial charge in [-0.1, -0.05) is 17.7 Å². The van der Waals surface area contributed by atoms with E-state index in [-0.39, 0.29) is 0 Å². The van der Waals surface area contributed by atoms with Crippen molar-refractivity contribution in [2.24, 2.45) is 4.99 Å². The van der Waals surface area contributed by atoms with E-state index in [2.05, 4.69) is 34.9 Å². The van der Waals surface area contributed by atoms with Gasteiger partial charge in [0.25, 0.3) is 0 Å². The fourth-order valence-electron chi connectivity index (χ4n) is 1.75. The predicted molar refractivity (Wildman–Crippen MR) is 86.5 cm³/mol. The molecule has 5 heteroatoms. The average molecular weight is 300 g/mol. The first-order valence-electron chi connectivity index (χ1n) is 6.44. The van der Waals surface area contributed by atoms with Crippen LogP contribution in [0.25, 0.3) is 0 Å². The molecule has 0 bridgehead atoms. The van der Waals surface area contributed by atoms with Crippen LogP contribution in [0.15, 0.2) is 29.8 Å². The Balaban J connectivity index is 2.30. The number of unbranched alkanes of at least 4 members (excludes halogenated alkanes) is 1. The van der Waals surface area contributed by atoms with Gasteiger partial charge in [0.1, 0.15) is 0 Å². The summed E-state index contributed by atoms with van der Waals surface area (Å²) in [6.45, 7) is 5.59. The van der Waals surface area contributed by atoms with Gasteiger partial charge in [0, 0.05) is 32.1 Å². The van der Waals surface area contributed by atoms with Crippen molar-refractivity contribution in [1.29, 1.82) is 0 Å². The molecule has 1 aromatic rings. The van der Waals surface area contributed by atoms with Crippen LogP contribution < -0.4 is 5.32 Å². The van der Waals surface area contributed by atoms with Gasteiger partial charge in [-0.15, -0.1) is 17.9 Å². The van der Waals surface area contributed by atoms with Gasteiger partial charge in [-0.05, 0) is 31.4 Å². The molecule has 3 nitrogen and oxygen atoms in total. The minimum absolute atomic E-state index is 0.848. The van der Waals surface area contributed by atoms with E-state index in [9.17, 15) is 0 Å². The minimum Gasteiger partial charge on any atom is -0.356 e. The number of aliphatic imine (C=N–C) groups is 1. The van der Waals surface area contributed by atoms with Crippen LogP contribution in [0.3, 0.4) is 0 Å². The molecule has 0 aromatic carbocycles. The molecule has 0 fully saturated rings. The molecule has 0 atom stereocenters. The van der Waals surface area contributed by atoms with E-state index in [1.54, 1.807) is 11.3 Å². The Labute approximate surface area is 125 Å². The Bertz CT molecular complexity index is 415. The highest BCUT2D eigenvalue weighted by Crippen LogP contribution is 2.21. The van der Waals surface area contributed by atoms with E-state index in [4.69, 9.17) is 11.6 Å². The molecule has 1 rings (SSSR count). The van der Waals surface area contributed by atoms with Crippen LogP contribution in [0.2, 0.25) is 4.34 Å². The fraction of sp³-hybridized carbons (Fsp3) is 0.500. The van der Waals surface area contributed by atoms with Gasteiger partial charge >= 0.3 is 0 Å². The van der Waals surface area contributed by atoms with Crippen molar-refractivity contribution in [3.8, 4) is 0 Å². The first-order chi connectivity index (χ1) is 9.17. The largest absolute Gasteiger partial charge is 0.356 e. The molecule has 1 aromatic heterocycles. The lowest BCUT2D eigenvalue weighted by atomic mass is 10.3. The van der Waals surface area contributed by atoms with Crippen molar-refractivity contribution in [2.75, 3.05) is 27.2 Å². The standard InChI is InChI=1S/C14H22ClN3S/c1-4-5-6-11-18(3)14(16-2)17-10-9-12-7-8-13(15)19-12/h4,7-8H,1,5-6,9-11H2,2-3H3,(H,16,17). The number of nitrogens with one attached hydrogen (secondary N) is 1. The van der Waals surface area contributed by atoms with Crippen LogP contribution >= 0.6 is 22.9 Å². The Morgan fingerprint density at radius 1 is 1.58 bits per heavy atom. The number of nitrogens with zero attached hydrogens (tertiary/aromatic N) is 2. The van der Waals surface area contributed by atoms with Gasteiger partial charge < -0.3 is 10.2 Å². The number of rotatable bonds is 7. The normalized spacial score (nSPS) is 11.4. The number of hydrogen-bond acceptors (Lipinski definition) is 2. The second kappa shape index (κ2) is 8.99. The second-order valence-electron chi connectivity index (χ2n) is 4.28. The molecule has 0 spiro atoms. The zero-order valence-electron chi connectivity index (χ0n) is 11.7. The summed E-state index contributed by atoms with van der Waals surface area (Å²) in [4.78, 5) is 7.72. The topological polar surface area (TPSA) is 27.6 Å². The summed E-state index contributed by atoms with van der Waals surface area (Å²) in [5.41, 5.74) is 0. The Hall–Kier alpha value is -1.000. The maximum atomic E-state index is 5.91. The average Bonchev–Trinajstić information content (AvgIpc) is 2.80. The maximum absolute atomic E-state index is 5.91. The Kier molecular flexibility index (Phi) is 7.60. The van der Waals surface area contributed by atoms with Crippen molar-refractivity contribution < 1.29 is 0 Å². The lowest BCUT2D eigenvalue weighted by Crippen LogP contribution is -2.40. The quantitative estimate of drug-likeness (QED) is 0.362. The zero-order valence-corrected chi connectivity index (χ0v) is 13.2. The van der Waals surface area contributed by atoms with Crippen LogP contribution in [-0.4, -0.2) is 38.0 Å². The van der Waals surface area contributed by atoms with Gasteiger partial charge in [-0.25, -0.2) is 0 Å². The highest BCUT2D eigenvalue weighted by molar-refractivity contribution is 7.16. The summed E-state index contributed by atoms with van der Waals surface area (Å²) in [6.07, 6.45) is 5.05. The number of thiophene rings is 1. The monoisotopic (exact) mass is 299 g/mol. The molecule has 0 unspecified atom stereocenters. The maximum Gasteiger partial charge on any atom is 0.193 e. The fourth-order valence-corrected chi connectivity index (χ4v) is 2.83. The van der Waals surface area contributed by atoms with Gasteiger partial charge in [0.15, 0.2) is 5.96 Å². The molecule has 0 saturated carbocycles. The van der Waals surface area contributed by atoms with Crippen molar-refractivity contribution in [2.45, 2.75) is 19.3 Å². The molecule has 1 N–H and O–H groups in total. The molecule has 1 heterocycles. The number of halogens is 1. The second-order valence-corrected chi connectivity index (χ2v) is 6.08. The lowest BCUT2D eigenvalue weighted by molar-refractivity contribution is 0.470. The molecule has 0 amide bonds. The van der Waals surface area contributed by atoms with Crippen molar-refractivity contribution in [3.63, 3.8) is 0 Å². The summed E-state index contributed by atoms with van der Waals surface area (Å²) in [7, 11) is 3.87. The van der Waals surface area contributed by atoms with Crippen LogP contribution in [0.1, 0.15) is 17.7 Å². The first kappa shape index (κ1) is 16.1. The van der Waals surface area contributed by atoms with Crippen molar-refractivity contribution in [1.82, 2.24) is 10.2 Å².